The summed E-state index contributed by atoms with van der Waals surface area (Å²) < 4.78 is 40.1. The number of imide groups is 1. The molecule has 0 bridgehead atoms. The number of imidazole rings is 1. The molecule has 4 rings (SSSR count). The summed E-state index contributed by atoms with van der Waals surface area (Å²) in [7, 11) is 1.54. The largest absolute Gasteiger partial charge is 0.493 e. The number of aromatic nitrogens is 2. The Morgan fingerprint density at radius 2 is 1.90 bits per heavy atom. The number of alkyl halides is 3. The molecular formula is C18H17F3N4O5. The third-order valence-corrected chi connectivity index (χ3v) is 5.42. The molecule has 9 nitrogen and oxygen atoms in total. The molecule has 2 saturated heterocycles. The van der Waals surface area contributed by atoms with Crippen LogP contribution in [0.4, 0.5) is 13.2 Å². The van der Waals surface area contributed by atoms with E-state index < -0.39 is 35.7 Å². The highest BCUT2D eigenvalue weighted by Gasteiger charge is 2.47. The molecule has 0 radical (unpaired) electrons. The molecule has 30 heavy (non-hydrogen) atoms. The maximum absolute atomic E-state index is 13.0. The third kappa shape index (κ3) is 3.07. The van der Waals surface area contributed by atoms with Gasteiger partial charge in [0.05, 0.1) is 11.0 Å². The normalized spacial score (nSPS) is 20.5. The fourth-order valence-corrected chi connectivity index (χ4v) is 3.82. The lowest BCUT2D eigenvalue weighted by Crippen LogP contribution is -2.49. The molecule has 0 spiro atoms. The van der Waals surface area contributed by atoms with Crippen molar-refractivity contribution in [2.24, 2.45) is 7.05 Å². The van der Waals surface area contributed by atoms with E-state index in [1.54, 1.807) is 12.1 Å². The number of piperidine rings is 1. The van der Waals surface area contributed by atoms with E-state index in [1.165, 1.54) is 11.6 Å². The number of hydroxylamine groups is 2. The number of amides is 2. The Bertz CT molecular complexity index is 1120. The summed E-state index contributed by atoms with van der Waals surface area (Å²) in [6.45, 7) is 1.47. The van der Waals surface area contributed by atoms with Crippen LogP contribution < -0.4 is 11.0 Å². The molecular weight excluding hydrogens is 409 g/mol. The number of nitrogens with one attached hydrogen (secondary N) is 1. The summed E-state index contributed by atoms with van der Waals surface area (Å²) in [6, 6.07) is 3.95. The number of nitrogens with zero attached hydrogens (tertiary/aromatic N) is 3. The van der Waals surface area contributed by atoms with Crippen molar-refractivity contribution in [3.05, 3.63) is 34.2 Å². The fraction of sp³-hybridized carbons (Fsp3) is 0.444. The maximum Gasteiger partial charge on any atom is 0.493 e. The lowest BCUT2D eigenvalue weighted by Gasteiger charge is -2.30. The molecule has 1 unspecified atom stereocenters. The molecule has 3 heterocycles. The number of rotatable bonds is 3. The monoisotopic (exact) mass is 426 g/mol. The Kier molecular flexibility index (Phi) is 4.68. The minimum Gasteiger partial charge on any atom is -0.321 e. The number of carbonyl (C=O) groups excluding carboxylic acids is 3. The van der Waals surface area contributed by atoms with E-state index in [9.17, 15) is 32.3 Å². The second kappa shape index (κ2) is 6.97. The van der Waals surface area contributed by atoms with Crippen molar-refractivity contribution in [1.29, 1.82) is 0 Å². The van der Waals surface area contributed by atoms with Gasteiger partial charge in [0.25, 0.3) is 11.8 Å². The molecule has 2 aromatic rings. The first-order valence-corrected chi connectivity index (χ1v) is 9.17. The van der Waals surface area contributed by atoms with Crippen LogP contribution >= 0.6 is 0 Å². The quantitative estimate of drug-likeness (QED) is 0.727. The van der Waals surface area contributed by atoms with Crippen LogP contribution in [0.25, 0.3) is 11.0 Å². The van der Waals surface area contributed by atoms with Crippen LogP contribution in [0.1, 0.15) is 30.4 Å². The van der Waals surface area contributed by atoms with E-state index in [-0.39, 0.29) is 23.8 Å². The van der Waals surface area contributed by atoms with Gasteiger partial charge in [-0.15, -0.1) is 5.06 Å². The SMILES string of the molecule is Cn1c(=O)n(C2CCC(=O)N(OC(=O)C(F)(F)F)C2=O)c2cccc(C3CNC3)c21. The predicted octanol–water partition coefficient (Wildman–Crippen LogP) is 0.737. The lowest BCUT2D eigenvalue weighted by molar-refractivity contribution is -0.238. The Balaban J connectivity index is 1.76. The fourth-order valence-electron chi connectivity index (χ4n) is 3.82. The standard InChI is InChI=1S/C18H17F3N4O5/c1-23-14-10(9-7-22-8-9)3-2-4-11(14)24(17(23)29)12-5-6-13(26)25(15(12)27)30-16(28)18(19,20)21/h2-4,9,12,22H,5-8H2,1H3. The van der Waals surface area contributed by atoms with Crippen LogP contribution in [0.3, 0.4) is 0 Å². The number of fused-ring (bicyclic) bond motifs is 1. The Morgan fingerprint density at radius 3 is 2.50 bits per heavy atom. The summed E-state index contributed by atoms with van der Waals surface area (Å²) in [6.07, 6.45) is -5.85. The van der Waals surface area contributed by atoms with Gasteiger partial charge in [0.1, 0.15) is 6.04 Å². The van der Waals surface area contributed by atoms with E-state index in [2.05, 4.69) is 10.2 Å². The minimum atomic E-state index is -5.38. The highest BCUT2D eigenvalue weighted by molar-refractivity contribution is 6.00. The van der Waals surface area contributed by atoms with Crippen LogP contribution in [0, 0.1) is 0 Å². The van der Waals surface area contributed by atoms with E-state index in [1.807, 2.05) is 6.07 Å². The van der Waals surface area contributed by atoms with Crippen molar-refractivity contribution in [3.63, 3.8) is 0 Å². The van der Waals surface area contributed by atoms with Crippen LogP contribution in [0.15, 0.2) is 23.0 Å². The molecule has 1 aromatic heterocycles. The summed E-state index contributed by atoms with van der Waals surface area (Å²) >= 11 is 0. The summed E-state index contributed by atoms with van der Waals surface area (Å²) in [4.78, 5) is 52.8. The van der Waals surface area contributed by atoms with Crippen LogP contribution in [0.5, 0.6) is 0 Å². The second-order valence-corrected chi connectivity index (χ2v) is 7.24. The first-order chi connectivity index (χ1) is 14.1. The zero-order valence-electron chi connectivity index (χ0n) is 15.7. The Labute approximate surface area is 166 Å². The molecule has 1 aromatic carbocycles. The smallest absolute Gasteiger partial charge is 0.321 e. The number of aryl methyl sites for hydroxylation is 1. The van der Waals surface area contributed by atoms with Gasteiger partial charge in [0.2, 0.25) is 0 Å². The zero-order valence-corrected chi connectivity index (χ0v) is 15.7. The van der Waals surface area contributed by atoms with E-state index in [4.69, 9.17) is 0 Å². The molecule has 2 aliphatic heterocycles. The summed E-state index contributed by atoms with van der Waals surface area (Å²) in [5.41, 5.74) is 1.38. The van der Waals surface area contributed by atoms with Crippen molar-refractivity contribution in [1.82, 2.24) is 19.5 Å². The van der Waals surface area contributed by atoms with E-state index >= 15 is 0 Å². The van der Waals surface area contributed by atoms with Crippen LogP contribution in [-0.4, -0.2) is 51.2 Å². The van der Waals surface area contributed by atoms with Crippen molar-refractivity contribution in [2.45, 2.75) is 31.0 Å². The zero-order chi connectivity index (χ0) is 21.8. The highest BCUT2D eigenvalue weighted by Crippen LogP contribution is 2.32. The van der Waals surface area contributed by atoms with Gasteiger partial charge in [-0.2, -0.15) is 13.2 Å². The van der Waals surface area contributed by atoms with Crippen LogP contribution in [-0.2, 0) is 26.3 Å². The molecule has 1 N–H and O–H groups in total. The lowest BCUT2D eigenvalue weighted by atomic mass is 9.92. The van der Waals surface area contributed by atoms with Gasteiger partial charge in [-0.1, -0.05) is 12.1 Å². The first kappa shape index (κ1) is 20.1. The molecule has 160 valence electrons. The Morgan fingerprint density at radius 1 is 1.20 bits per heavy atom. The first-order valence-electron chi connectivity index (χ1n) is 9.17. The molecule has 1 atom stereocenters. The van der Waals surface area contributed by atoms with Gasteiger partial charge in [0.15, 0.2) is 0 Å². The van der Waals surface area contributed by atoms with Gasteiger partial charge in [-0.05, 0) is 18.1 Å². The average Bonchev–Trinajstić information content (AvgIpc) is 2.88. The highest BCUT2D eigenvalue weighted by atomic mass is 19.4. The van der Waals surface area contributed by atoms with Crippen molar-refractivity contribution < 1.29 is 32.4 Å². The number of para-hydroxylation sites is 1. The van der Waals surface area contributed by atoms with Crippen molar-refractivity contribution in [2.75, 3.05) is 13.1 Å². The molecule has 12 heteroatoms. The van der Waals surface area contributed by atoms with Gasteiger partial charge >= 0.3 is 17.8 Å². The van der Waals surface area contributed by atoms with Crippen LogP contribution in [0.2, 0.25) is 0 Å². The topological polar surface area (TPSA) is 103 Å². The number of hydrogen-bond acceptors (Lipinski definition) is 6. The molecule has 2 amide bonds. The molecule has 2 aliphatic rings. The number of hydrogen-bond donors (Lipinski definition) is 1. The number of benzene rings is 1. The van der Waals surface area contributed by atoms with Crippen molar-refractivity contribution in [3.8, 4) is 0 Å². The van der Waals surface area contributed by atoms with E-state index in [0.29, 0.717) is 11.0 Å². The summed E-state index contributed by atoms with van der Waals surface area (Å²) in [5, 5.41) is 2.96. The minimum absolute atomic E-state index is 0.105. The predicted molar refractivity (Wildman–Crippen MR) is 95.1 cm³/mol. The second-order valence-electron chi connectivity index (χ2n) is 7.24. The molecule has 0 saturated carbocycles. The Hall–Kier alpha value is -3.15. The van der Waals surface area contributed by atoms with Gasteiger partial charge in [0, 0.05) is 32.5 Å². The number of halogens is 3. The summed E-state index contributed by atoms with van der Waals surface area (Å²) in [5.74, 6) is -4.78. The number of carbonyl (C=O) groups is 3. The average molecular weight is 426 g/mol. The third-order valence-electron chi connectivity index (χ3n) is 5.42. The van der Waals surface area contributed by atoms with Gasteiger partial charge in [-0.25, -0.2) is 9.59 Å². The molecule has 0 aliphatic carbocycles. The van der Waals surface area contributed by atoms with Crippen molar-refractivity contribution >= 4 is 28.8 Å². The maximum atomic E-state index is 13.0. The van der Waals surface area contributed by atoms with Gasteiger partial charge in [-0.3, -0.25) is 18.7 Å². The van der Waals surface area contributed by atoms with E-state index in [0.717, 1.165) is 23.2 Å². The molecule has 2 fully saturated rings. The van der Waals surface area contributed by atoms with Gasteiger partial charge < -0.3 is 10.2 Å².